The minimum absolute atomic E-state index is 0.0368. The smallest absolute Gasteiger partial charge is 0.244 e. The van der Waals surface area contributed by atoms with Crippen LogP contribution in [0.4, 0.5) is 4.39 Å². The third-order valence-electron chi connectivity index (χ3n) is 3.65. The molecule has 2 rings (SSSR count). The van der Waals surface area contributed by atoms with Gasteiger partial charge in [0.25, 0.3) is 0 Å². The average molecular weight is 331 g/mol. The lowest BCUT2D eigenvalue weighted by Crippen LogP contribution is -2.27. The number of halogens is 1. The summed E-state index contributed by atoms with van der Waals surface area (Å²) in [7, 11) is 0. The standard InChI is InChI=1S/C19H22FNO3/c1-2-15(16-8-10-17(20)11-9-16)14-19(22)21-24-13-12-23-18-6-4-3-5-7-18/h3-11,15H,2,12-14H2,1H3,(H,21,22). The van der Waals surface area contributed by atoms with Crippen LogP contribution in [0.15, 0.2) is 54.6 Å². The highest BCUT2D eigenvalue weighted by Crippen LogP contribution is 2.23. The molecule has 0 aliphatic rings. The summed E-state index contributed by atoms with van der Waals surface area (Å²) in [6.07, 6.45) is 1.08. The molecule has 0 bridgehead atoms. The third-order valence-corrected chi connectivity index (χ3v) is 3.65. The number of rotatable bonds is 9. The van der Waals surface area contributed by atoms with Crippen LogP contribution >= 0.6 is 0 Å². The van der Waals surface area contributed by atoms with E-state index in [0.717, 1.165) is 17.7 Å². The Balaban J connectivity index is 1.67. The van der Waals surface area contributed by atoms with Crippen molar-refractivity contribution in [2.45, 2.75) is 25.7 Å². The number of ether oxygens (including phenoxy) is 1. The second kappa shape index (κ2) is 9.67. The second-order valence-corrected chi connectivity index (χ2v) is 5.40. The Morgan fingerprint density at radius 1 is 1.08 bits per heavy atom. The van der Waals surface area contributed by atoms with Crippen molar-refractivity contribution in [3.63, 3.8) is 0 Å². The van der Waals surface area contributed by atoms with Gasteiger partial charge in [0.15, 0.2) is 0 Å². The Hall–Kier alpha value is -2.40. The van der Waals surface area contributed by atoms with Gasteiger partial charge in [-0.15, -0.1) is 0 Å². The van der Waals surface area contributed by atoms with E-state index in [4.69, 9.17) is 9.57 Å². The number of amides is 1. The van der Waals surface area contributed by atoms with E-state index in [1.165, 1.54) is 12.1 Å². The molecule has 5 heteroatoms. The van der Waals surface area contributed by atoms with Gasteiger partial charge in [-0.05, 0) is 42.2 Å². The van der Waals surface area contributed by atoms with E-state index < -0.39 is 0 Å². The molecule has 0 aliphatic carbocycles. The predicted molar refractivity (Wildman–Crippen MR) is 90.1 cm³/mol. The van der Waals surface area contributed by atoms with Crippen LogP contribution in [-0.4, -0.2) is 19.1 Å². The van der Waals surface area contributed by atoms with Crippen LogP contribution in [-0.2, 0) is 9.63 Å². The number of benzene rings is 2. The fourth-order valence-corrected chi connectivity index (χ4v) is 2.35. The van der Waals surface area contributed by atoms with Crippen LogP contribution in [0.2, 0.25) is 0 Å². The fourth-order valence-electron chi connectivity index (χ4n) is 2.35. The Morgan fingerprint density at radius 3 is 2.46 bits per heavy atom. The Labute approximate surface area is 141 Å². The Bertz CT molecular complexity index is 616. The number of hydrogen-bond acceptors (Lipinski definition) is 3. The first-order valence-electron chi connectivity index (χ1n) is 8.03. The lowest BCUT2D eigenvalue weighted by atomic mass is 9.93. The quantitative estimate of drug-likeness (QED) is 0.561. The molecule has 0 spiro atoms. The molecule has 0 saturated carbocycles. The van der Waals surface area contributed by atoms with Crippen LogP contribution in [0, 0.1) is 5.82 Å². The molecule has 1 atom stereocenters. The number of hydroxylamine groups is 1. The van der Waals surface area contributed by atoms with Crippen molar-refractivity contribution in [1.29, 1.82) is 0 Å². The van der Waals surface area contributed by atoms with Gasteiger partial charge in [-0.3, -0.25) is 9.63 Å². The van der Waals surface area contributed by atoms with Crippen LogP contribution < -0.4 is 10.2 Å². The molecule has 128 valence electrons. The van der Waals surface area contributed by atoms with E-state index in [-0.39, 0.29) is 24.2 Å². The minimum Gasteiger partial charge on any atom is -0.491 e. The number of hydrogen-bond donors (Lipinski definition) is 1. The van der Waals surface area contributed by atoms with Crippen LogP contribution in [0.1, 0.15) is 31.2 Å². The highest BCUT2D eigenvalue weighted by molar-refractivity contribution is 5.75. The summed E-state index contributed by atoms with van der Waals surface area (Å²) >= 11 is 0. The van der Waals surface area contributed by atoms with Gasteiger partial charge in [-0.25, -0.2) is 9.87 Å². The van der Waals surface area contributed by atoms with E-state index >= 15 is 0 Å². The topological polar surface area (TPSA) is 47.6 Å². The van der Waals surface area contributed by atoms with E-state index in [1.807, 2.05) is 37.3 Å². The highest BCUT2D eigenvalue weighted by atomic mass is 19.1. The van der Waals surface area contributed by atoms with E-state index in [0.29, 0.717) is 13.0 Å². The summed E-state index contributed by atoms with van der Waals surface area (Å²) in [5.41, 5.74) is 3.37. The van der Waals surface area contributed by atoms with Crippen molar-refractivity contribution >= 4 is 5.91 Å². The number of nitrogens with one attached hydrogen (secondary N) is 1. The van der Waals surface area contributed by atoms with Gasteiger partial charge >= 0.3 is 0 Å². The van der Waals surface area contributed by atoms with E-state index in [2.05, 4.69) is 5.48 Å². The molecule has 0 saturated heterocycles. The number of carbonyl (C=O) groups is 1. The van der Waals surface area contributed by atoms with Crippen molar-refractivity contribution in [2.75, 3.05) is 13.2 Å². The van der Waals surface area contributed by atoms with Gasteiger partial charge in [-0.1, -0.05) is 37.3 Å². The largest absolute Gasteiger partial charge is 0.491 e. The van der Waals surface area contributed by atoms with Crippen molar-refractivity contribution in [3.8, 4) is 5.75 Å². The maximum Gasteiger partial charge on any atom is 0.244 e. The van der Waals surface area contributed by atoms with E-state index in [9.17, 15) is 9.18 Å². The first kappa shape index (κ1) is 17.9. The SMILES string of the molecule is CCC(CC(=O)NOCCOc1ccccc1)c1ccc(F)cc1. The monoisotopic (exact) mass is 331 g/mol. The fraction of sp³-hybridized carbons (Fsp3) is 0.316. The molecule has 1 amide bonds. The Morgan fingerprint density at radius 2 is 1.79 bits per heavy atom. The molecule has 1 unspecified atom stereocenters. The molecule has 1 N–H and O–H groups in total. The van der Waals surface area contributed by atoms with Crippen LogP contribution in [0.5, 0.6) is 5.75 Å². The zero-order valence-electron chi connectivity index (χ0n) is 13.7. The van der Waals surface area contributed by atoms with Crippen LogP contribution in [0.25, 0.3) is 0 Å². The summed E-state index contributed by atoms with van der Waals surface area (Å²) in [4.78, 5) is 17.1. The maximum atomic E-state index is 13.0. The number of para-hydroxylation sites is 1. The number of carbonyl (C=O) groups excluding carboxylic acids is 1. The first-order chi connectivity index (χ1) is 11.7. The average Bonchev–Trinajstić information content (AvgIpc) is 2.61. The molecule has 0 aromatic heterocycles. The molecule has 4 nitrogen and oxygen atoms in total. The van der Waals surface area contributed by atoms with Crippen LogP contribution in [0.3, 0.4) is 0 Å². The maximum absolute atomic E-state index is 13.0. The zero-order valence-corrected chi connectivity index (χ0v) is 13.7. The van der Waals surface area contributed by atoms with Crippen molar-refractivity contribution in [3.05, 3.63) is 66.0 Å². The molecule has 0 fully saturated rings. The molecular formula is C19H22FNO3. The molecule has 0 heterocycles. The normalized spacial score (nSPS) is 11.8. The Kier molecular flexibility index (Phi) is 7.23. The molecule has 2 aromatic carbocycles. The van der Waals surface area contributed by atoms with Gasteiger partial charge in [0.2, 0.25) is 5.91 Å². The van der Waals surface area contributed by atoms with Gasteiger partial charge in [0.05, 0.1) is 0 Å². The lowest BCUT2D eigenvalue weighted by molar-refractivity contribution is -0.134. The van der Waals surface area contributed by atoms with Gasteiger partial charge in [-0.2, -0.15) is 0 Å². The summed E-state index contributed by atoms with van der Waals surface area (Å²) < 4.78 is 18.4. The summed E-state index contributed by atoms with van der Waals surface area (Å²) in [6.45, 7) is 2.60. The molecule has 2 aromatic rings. The lowest BCUT2D eigenvalue weighted by Gasteiger charge is -2.15. The molecule has 24 heavy (non-hydrogen) atoms. The minimum atomic E-state index is -0.278. The summed E-state index contributed by atoms with van der Waals surface area (Å²) in [5.74, 6) is 0.315. The predicted octanol–water partition coefficient (Wildman–Crippen LogP) is 3.84. The molecule has 0 aliphatic heterocycles. The zero-order chi connectivity index (χ0) is 17.2. The van der Waals surface area contributed by atoms with Gasteiger partial charge in [0, 0.05) is 6.42 Å². The van der Waals surface area contributed by atoms with E-state index in [1.54, 1.807) is 12.1 Å². The van der Waals surface area contributed by atoms with Gasteiger partial charge < -0.3 is 4.74 Å². The molecular weight excluding hydrogens is 309 g/mol. The first-order valence-corrected chi connectivity index (χ1v) is 8.03. The highest BCUT2D eigenvalue weighted by Gasteiger charge is 2.14. The molecule has 0 radical (unpaired) electrons. The third kappa shape index (κ3) is 6.01. The van der Waals surface area contributed by atoms with Crippen molar-refractivity contribution in [2.24, 2.45) is 0 Å². The van der Waals surface area contributed by atoms with Crippen molar-refractivity contribution < 1.29 is 18.8 Å². The summed E-state index contributed by atoms with van der Waals surface area (Å²) in [5, 5.41) is 0. The second-order valence-electron chi connectivity index (χ2n) is 5.40. The summed E-state index contributed by atoms with van der Waals surface area (Å²) in [6, 6.07) is 15.6. The van der Waals surface area contributed by atoms with Gasteiger partial charge in [0.1, 0.15) is 24.8 Å². The van der Waals surface area contributed by atoms with Crippen molar-refractivity contribution in [1.82, 2.24) is 5.48 Å².